The molecule has 130 valence electrons. The second-order valence-corrected chi connectivity index (χ2v) is 7.91. The first-order valence-corrected chi connectivity index (χ1v) is 10.0. The molecule has 0 aliphatic carbocycles. The lowest BCUT2D eigenvalue weighted by Crippen LogP contribution is -2.57. The first-order valence-electron chi connectivity index (χ1n) is 8.23. The molecule has 0 bridgehead atoms. The van der Waals surface area contributed by atoms with Crippen LogP contribution in [0.15, 0.2) is 30.3 Å². The Balaban J connectivity index is 2.61. The molecule has 0 aliphatic rings. The van der Waals surface area contributed by atoms with Crippen molar-refractivity contribution in [1.82, 2.24) is 0 Å². The summed E-state index contributed by atoms with van der Waals surface area (Å²) < 4.78 is 22.8. The highest BCUT2D eigenvalue weighted by atomic mass is 28.4. The van der Waals surface area contributed by atoms with Crippen molar-refractivity contribution < 1.29 is 22.8 Å². The Morgan fingerprint density at radius 3 is 2.00 bits per heavy atom. The fourth-order valence-corrected chi connectivity index (χ4v) is 4.74. The monoisotopic (exact) mass is 340 g/mol. The Labute approximate surface area is 140 Å². The maximum Gasteiger partial charge on any atom is 0.543 e. The van der Waals surface area contributed by atoms with E-state index in [4.69, 9.17) is 18.0 Å². The number of carbonyl (C=O) groups is 1. The van der Waals surface area contributed by atoms with Gasteiger partial charge in [-0.05, 0) is 39.7 Å². The van der Waals surface area contributed by atoms with Gasteiger partial charge in [-0.25, -0.2) is 0 Å². The summed E-state index contributed by atoms with van der Waals surface area (Å²) in [6, 6.07) is 9.86. The molecule has 1 aromatic carbocycles. The first-order chi connectivity index (χ1) is 11.1. The third-order valence-electron chi connectivity index (χ3n) is 3.30. The number of hydrogen-bond acceptors (Lipinski definition) is 5. The third-order valence-corrected chi connectivity index (χ3v) is 6.49. The van der Waals surface area contributed by atoms with Crippen LogP contribution in [0.3, 0.4) is 0 Å². The fourth-order valence-electron chi connectivity index (χ4n) is 2.30. The van der Waals surface area contributed by atoms with E-state index in [1.54, 1.807) is 6.92 Å². The van der Waals surface area contributed by atoms with Crippen LogP contribution in [0.25, 0.3) is 0 Å². The van der Waals surface area contributed by atoms with Gasteiger partial charge in [-0.2, -0.15) is 0 Å². The van der Waals surface area contributed by atoms with E-state index >= 15 is 0 Å². The quantitative estimate of drug-likeness (QED) is 0.457. The van der Waals surface area contributed by atoms with E-state index < -0.39 is 14.5 Å². The minimum Gasteiger partial charge on any atom is -0.458 e. The molecule has 23 heavy (non-hydrogen) atoms. The van der Waals surface area contributed by atoms with E-state index in [0.29, 0.717) is 32.7 Å². The van der Waals surface area contributed by atoms with E-state index in [2.05, 4.69) is 0 Å². The fraction of sp³-hybridized carbons (Fsp3) is 0.588. The SMILES string of the molecule is CCO[Si](OCC)(OCC)C(C)OC(=O)CCc1ccccc1. The van der Waals surface area contributed by atoms with Gasteiger partial charge in [0.1, 0.15) is 0 Å². The van der Waals surface area contributed by atoms with Crippen molar-refractivity contribution in [2.24, 2.45) is 0 Å². The first kappa shape index (κ1) is 19.8. The molecular weight excluding hydrogens is 312 g/mol. The summed E-state index contributed by atoms with van der Waals surface area (Å²) >= 11 is 0. The predicted molar refractivity (Wildman–Crippen MR) is 90.9 cm³/mol. The molecule has 1 aromatic rings. The largest absolute Gasteiger partial charge is 0.543 e. The minimum absolute atomic E-state index is 0.266. The van der Waals surface area contributed by atoms with E-state index in [-0.39, 0.29) is 5.97 Å². The number of hydrogen-bond donors (Lipinski definition) is 0. The molecule has 5 nitrogen and oxygen atoms in total. The van der Waals surface area contributed by atoms with Gasteiger partial charge in [-0.3, -0.25) is 4.79 Å². The number of rotatable bonds is 11. The average Bonchev–Trinajstić information content (AvgIpc) is 2.54. The summed E-state index contributed by atoms with van der Waals surface area (Å²) in [5.41, 5.74) is 0.589. The van der Waals surface area contributed by atoms with Gasteiger partial charge >= 0.3 is 14.8 Å². The second kappa shape index (κ2) is 10.5. The molecule has 0 aromatic heterocycles. The van der Waals surface area contributed by atoms with Crippen molar-refractivity contribution in [2.75, 3.05) is 19.8 Å². The van der Waals surface area contributed by atoms with Crippen molar-refractivity contribution in [3.63, 3.8) is 0 Å². The van der Waals surface area contributed by atoms with Gasteiger partial charge in [0.15, 0.2) is 5.73 Å². The Morgan fingerprint density at radius 2 is 1.52 bits per heavy atom. The molecule has 1 rings (SSSR count). The zero-order chi connectivity index (χ0) is 17.1. The average molecular weight is 340 g/mol. The molecule has 0 saturated heterocycles. The molecule has 0 saturated carbocycles. The highest BCUT2D eigenvalue weighted by Gasteiger charge is 2.49. The topological polar surface area (TPSA) is 54.0 Å². The number of aryl methyl sites for hydroxylation is 1. The van der Waals surface area contributed by atoms with E-state index in [1.807, 2.05) is 51.1 Å². The molecule has 0 spiro atoms. The van der Waals surface area contributed by atoms with Crippen LogP contribution < -0.4 is 0 Å². The summed E-state index contributed by atoms with van der Waals surface area (Å²) in [5, 5.41) is 0. The highest BCUT2D eigenvalue weighted by Crippen LogP contribution is 2.19. The van der Waals surface area contributed by atoms with Crippen LogP contribution in [0.1, 0.15) is 39.7 Å². The van der Waals surface area contributed by atoms with Crippen molar-refractivity contribution in [1.29, 1.82) is 0 Å². The summed E-state index contributed by atoms with van der Waals surface area (Å²) in [6.07, 6.45) is 0.974. The van der Waals surface area contributed by atoms with Gasteiger partial charge in [0.2, 0.25) is 0 Å². The Hall–Kier alpha value is -1.21. The number of benzene rings is 1. The Kier molecular flexibility index (Phi) is 9.09. The molecule has 0 aliphatic heterocycles. The van der Waals surface area contributed by atoms with E-state index in [0.717, 1.165) is 5.56 Å². The lowest BCUT2D eigenvalue weighted by atomic mass is 10.1. The normalized spacial score (nSPS) is 12.9. The van der Waals surface area contributed by atoms with Gasteiger partial charge in [0.05, 0.1) is 0 Å². The molecule has 1 unspecified atom stereocenters. The molecular formula is C17H28O5Si. The van der Waals surface area contributed by atoms with E-state index in [1.165, 1.54) is 0 Å². The van der Waals surface area contributed by atoms with Gasteiger partial charge in [-0.1, -0.05) is 30.3 Å². The van der Waals surface area contributed by atoms with Crippen molar-refractivity contribution in [2.45, 2.75) is 46.3 Å². The van der Waals surface area contributed by atoms with Crippen LogP contribution in [-0.2, 0) is 29.2 Å². The summed E-state index contributed by atoms with van der Waals surface area (Å²) in [5.74, 6) is -0.266. The number of ether oxygens (including phenoxy) is 1. The van der Waals surface area contributed by atoms with Crippen molar-refractivity contribution >= 4 is 14.8 Å². The molecule has 0 amide bonds. The zero-order valence-electron chi connectivity index (χ0n) is 14.5. The lowest BCUT2D eigenvalue weighted by Gasteiger charge is -2.32. The Bertz CT molecular complexity index is 435. The smallest absolute Gasteiger partial charge is 0.458 e. The zero-order valence-corrected chi connectivity index (χ0v) is 15.5. The molecule has 0 heterocycles. The van der Waals surface area contributed by atoms with E-state index in [9.17, 15) is 4.79 Å². The van der Waals surface area contributed by atoms with Crippen molar-refractivity contribution in [3.8, 4) is 0 Å². The van der Waals surface area contributed by atoms with Gasteiger partial charge < -0.3 is 18.0 Å². The maximum absolute atomic E-state index is 12.1. The molecule has 1 atom stereocenters. The lowest BCUT2D eigenvalue weighted by molar-refractivity contribution is -0.148. The highest BCUT2D eigenvalue weighted by molar-refractivity contribution is 6.62. The number of esters is 1. The summed E-state index contributed by atoms with van der Waals surface area (Å²) in [6.45, 7) is 8.79. The molecule has 6 heteroatoms. The minimum atomic E-state index is -3.01. The summed E-state index contributed by atoms with van der Waals surface area (Å²) in [7, 11) is -3.01. The standard InChI is InChI=1S/C17H28O5Si/c1-5-19-23(20-6-2,21-7-3)15(4)22-17(18)14-13-16-11-9-8-10-12-16/h8-12,15H,5-7,13-14H2,1-4H3. The van der Waals surface area contributed by atoms with Crippen LogP contribution in [0, 0.1) is 0 Å². The van der Waals surface area contributed by atoms with Crippen LogP contribution in [0.2, 0.25) is 0 Å². The molecule has 0 N–H and O–H groups in total. The predicted octanol–water partition coefficient (Wildman–Crippen LogP) is 3.14. The van der Waals surface area contributed by atoms with Crippen LogP contribution >= 0.6 is 0 Å². The summed E-state index contributed by atoms with van der Waals surface area (Å²) in [4.78, 5) is 12.1. The third kappa shape index (κ3) is 6.43. The van der Waals surface area contributed by atoms with Gasteiger partial charge in [0, 0.05) is 26.2 Å². The second-order valence-electron chi connectivity index (χ2n) is 5.02. The van der Waals surface area contributed by atoms with Gasteiger partial charge in [-0.15, -0.1) is 0 Å². The van der Waals surface area contributed by atoms with Gasteiger partial charge in [0.25, 0.3) is 0 Å². The Morgan fingerprint density at radius 1 is 1.00 bits per heavy atom. The molecule has 0 radical (unpaired) electrons. The van der Waals surface area contributed by atoms with Crippen LogP contribution in [0.4, 0.5) is 0 Å². The van der Waals surface area contributed by atoms with Crippen molar-refractivity contribution in [3.05, 3.63) is 35.9 Å². The van der Waals surface area contributed by atoms with Crippen LogP contribution in [0.5, 0.6) is 0 Å². The molecule has 0 fully saturated rings. The number of carbonyl (C=O) groups excluding carboxylic acids is 1. The maximum atomic E-state index is 12.1. The van der Waals surface area contributed by atoms with Crippen LogP contribution in [-0.4, -0.2) is 40.3 Å².